The van der Waals surface area contributed by atoms with E-state index in [1.807, 2.05) is 24.3 Å². The number of carboxylic acid groups (broad SMARTS) is 1. The lowest BCUT2D eigenvalue weighted by molar-refractivity contribution is -0.143. The summed E-state index contributed by atoms with van der Waals surface area (Å²) in [5.41, 5.74) is 1.09. The Morgan fingerprint density at radius 1 is 1.22 bits per heavy atom. The zero-order valence-electron chi connectivity index (χ0n) is 18.6. The monoisotopic (exact) mass is 446 g/mol. The van der Waals surface area contributed by atoms with Crippen LogP contribution in [0.2, 0.25) is 0 Å². The molecule has 1 fully saturated rings. The van der Waals surface area contributed by atoms with E-state index < -0.39 is 23.7 Å². The standard InChI is InChI=1S/C22H30N4O6/c1-22(2,3)32-21(31)24-17(19(28)29)12-18(27)25-10-8-15(9-11-25)26-13-14-6-4-5-7-16(14)23-20(26)30/h4-7,15,17H,8-13H2,1-3H3,(H,23,30)(H,24,31)(H,28,29)/t17-/m0/s1. The average Bonchev–Trinajstić information content (AvgIpc) is 2.71. The number of likely N-dealkylation sites (tertiary alicyclic amines) is 1. The Hall–Kier alpha value is -3.30. The third-order valence-electron chi connectivity index (χ3n) is 5.49. The number of alkyl carbamates (subject to hydrolysis) is 1. The van der Waals surface area contributed by atoms with Gasteiger partial charge in [0, 0.05) is 31.4 Å². The maximum absolute atomic E-state index is 12.7. The molecule has 1 aromatic rings. The highest BCUT2D eigenvalue weighted by atomic mass is 16.6. The summed E-state index contributed by atoms with van der Waals surface area (Å²) < 4.78 is 5.08. The molecule has 174 valence electrons. The fourth-order valence-electron chi connectivity index (χ4n) is 3.90. The van der Waals surface area contributed by atoms with Gasteiger partial charge in [-0.2, -0.15) is 0 Å². The Balaban J connectivity index is 1.53. The molecule has 3 rings (SSSR count). The smallest absolute Gasteiger partial charge is 0.408 e. The predicted molar refractivity (Wildman–Crippen MR) is 116 cm³/mol. The lowest BCUT2D eigenvalue weighted by Crippen LogP contribution is -2.52. The molecule has 0 radical (unpaired) electrons. The first-order valence-corrected chi connectivity index (χ1v) is 10.7. The molecule has 1 aromatic carbocycles. The van der Waals surface area contributed by atoms with Crippen molar-refractivity contribution < 1.29 is 29.0 Å². The van der Waals surface area contributed by atoms with Crippen LogP contribution in [0.1, 0.15) is 45.6 Å². The van der Waals surface area contributed by atoms with Crippen molar-refractivity contribution >= 4 is 29.7 Å². The summed E-state index contributed by atoms with van der Waals surface area (Å²) >= 11 is 0. The number of fused-ring (bicyclic) bond motifs is 1. The van der Waals surface area contributed by atoms with Crippen LogP contribution in [0, 0.1) is 0 Å². The van der Waals surface area contributed by atoms with Crippen LogP contribution >= 0.6 is 0 Å². The van der Waals surface area contributed by atoms with Crippen LogP contribution in [0.5, 0.6) is 0 Å². The molecule has 3 N–H and O–H groups in total. The summed E-state index contributed by atoms with van der Waals surface area (Å²) in [5, 5.41) is 14.5. The van der Waals surface area contributed by atoms with Gasteiger partial charge >= 0.3 is 18.1 Å². The van der Waals surface area contributed by atoms with E-state index >= 15 is 0 Å². The van der Waals surface area contributed by atoms with Crippen molar-refractivity contribution in [2.24, 2.45) is 0 Å². The first kappa shape index (κ1) is 23.4. The van der Waals surface area contributed by atoms with E-state index in [-0.39, 0.29) is 24.4 Å². The summed E-state index contributed by atoms with van der Waals surface area (Å²) in [4.78, 5) is 52.0. The molecule has 2 aliphatic heterocycles. The van der Waals surface area contributed by atoms with Crippen molar-refractivity contribution in [3.05, 3.63) is 29.8 Å². The molecule has 0 aromatic heterocycles. The quantitative estimate of drug-likeness (QED) is 0.637. The number of carboxylic acids is 1. The highest BCUT2D eigenvalue weighted by Crippen LogP contribution is 2.27. The molecule has 32 heavy (non-hydrogen) atoms. The number of benzene rings is 1. The highest BCUT2D eigenvalue weighted by molar-refractivity contribution is 5.92. The number of ether oxygens (including phenoxy) is 1. The van der Waals surface area contributed by atoms with Gasteiger partial charge in [0.05, 0.1) is 6.42 Å². The molecule has 0 saturated carbocycles. The number of anilines is 1. The number of hydrogen-bond acceptors (Lipinski definition) is 5. The zero-order valence-corrected chi connectivity index (χ0v) is 18.6. The van der Waals surface area contributed by atoms with Gasteiger partial charge in [-0.3, -0.25) is 4.79 Å². The number of nitrogens with one attached hydrogen (secondary N) is 2. The van der Waals surface area contributed by atoms with Gasteiger partial charge in [-0.15, -0.1) is 0 Å². The van der Waals surface area contributed by atoms with Gasteiger partial charge in [-0.05, 0) is 45.2 Å². The van der Waals surface area contributed by atoms with E-state index in [1.54, 1.807) is 30.6 Å². The largest absolute Gasteiger partial charge is 0.480 e. The number of rotatable bonds is 5. The minimum atomic E-state index is -1.38. The van der Waals surface area contributed by atoms with Crippen LogP contribution < -0.4 is 10.6 Å². The molecule has 4 amide bonds. The van der Waals surface area contributed by atoms with Crippen molar-refractivity contribution in [2.45, 2.75) is 64.3 Å². The van der Waals surface area contributed by atoms with Gasteiger partial charge in [0.2, 0.25) is 5.91 Å². The zero-order chi connectivity index (χ0) is 23.5. The van der Waals surface area contributed by atoms with Crippen molar-refractivity contribution in [1.82, 2.24) is 15.1 Å². The fourth-order valence-corrected chi connectivity index (χ4v) is 3.90. The number of carbonyl (C=O) groups excluding carboxylic acids is 3. The molecule has 0 aliphatic carbocycles. The van der Waals surface area contributed by atoms with Crippen LogP contribution in [0.4, 0.5) is 15.3 Å². The number of carbonyl (C=O) groups is 4. The molecule has 2 aliphatic rings. The molecule has 10 heteroatoms. The summed E-state index contributed by atoms with van der Waals surface area (Å²) in [7, 11) is 0. The van der Waals surface area contributed by atoms with Gasteiger partial charge in [0.25, 0.3) is 0 Å². The summed E-state index contributed by atoms with van der Waals surface area (Å²) in [6.45, 7) is 6.33. The Kier molecular flexibility index (Phi) is 6.90. The lowest BCUT2D eigenvalue weighted by Gasteiger charge is -2.40. The first-order valence-electron chi connectivity index (χ1n) is 10.7. The normalized spacial score (nSPS) is 17.8. The van der Waals surface area contributed by atoms with E-state index in [9.17, 15) is 24.3 Å². The van der Waals surface area contributed by atoms with Gasteiger partial charge < -0.3 is 30.3 Å². The number of aliphatic carboxylic acids is 1. The van der Waals surface area contributed by atoms with Gasteiger partial charge in [-0.1, -0.05) is 18.2 Å². The Bertz CT molecular complexity index is 889. The molecule has 10 nitrogen and oxygen atoms in total. The average molecular weight is 447 g/mol. The van der Waals surface area contributed by atoms with Crippen molar-refractivity contribution in [2.75, 3.05) is 18.4 Å². The highest BCUT2D eigenvalue weighted by Gasteiger charge is 2.34. The molecule has 0 bridgehead atoms. The summed E-state index contributed by atoms with van der Waals surface area (Å²) in [6, 6.07) is 6.11. The fraction of sp³-hybridized carbons (Fsp3) is 0.545. The first-order chi connectivity index (χ1) is 15.0. The van der Waals surface area contributed by atoms with E-state index in [1.165, 1.54) is 0 Å². The van der Waals surface area contributed by atoms with Crippen molar-refractivity contribution in [3.63, 3.8) is 0 Å². The van der Waals surface area contributed by atoms with E-state index in [0.29, 0.717) is 32.5 Å². The Morgan fingerprint density at radius 2 is 1.88 bits per heavy atom. The van der Waals surface area contributed by atoms with Crippen LogP contribution in [-0.4, -0.2) is 69.7 Å². The second-order valence-corrected chi connectivity index (χ2v) is 9.07. The van der Waals surface area contributed by atoms with Crippen LogP contribution in [-0.2, 0) is 20.9 Å². The second kappa shape index (κ2) is 9.46. The molecule has 1 atom stereocenters. The molecule has 0 unspecified atom stereocenters. The van der Waals surface area contributed by atoms with Gasteiger partial charge in [0.15, 0.2) is 0 Å². The van der Waals surface area contributed by atoms with Crippen molar-refractivity contribution in [1.29, 1.82) is 0 Å². The minimum absolute atomic E-state index is 0.0115. The number of urea groups is 1. The van der Waals surface area contributed by atoms with Gasteiger partial charge in [-0.25, -0.2) is 14.4 Å². The van der Waals surface area contributed by atoms with Crippen LogP contribution in [0.3, 0.4) is 0 Å². The molecular formula is C22H30N4O6. The van der Waals surface area contributed by atoms with Crippen LogP contribution in [0.25, 0.3) is 0 Å². The molecule has 1 saturated heterocycles. The van der Waals surface area contributed by atoms with Crippen LogP contribution in [0.15, 0.2) is 24.3 Å². The maximum atomic E-state index is 12.7. The number of hydrogen-bond donors (Lipinski definition) is 3. The molecular weight excluding hydrogens is 416 g/mol. The third-order valence-corrected chi connectivity index (χ3v) is 5.49. The predicted octanol–water partition coefficient (Wildman–Crippen LogP) is 2.39. The van der Waals surface area contributed by atoms with Gasteiger partial charge in [0.1, 0.15) is 11.6 Å². The summed E-state index contributed by atoms with van der Waals surface area (Å²) in [6.07, 6.45) is -0.0543. The number of amides is 4. The summed E-state index contributed by atoms with van der Waals surface area (Å²) in [5.74, 6) is -1.66. The SMILES string of the molecule is CC(C)(C)OC(=O)N[C@@H](CC(=O)N1CCC(N2Cc3ccccc3NC2=O)CC1)C(=O)O. The number of para-hydroxylation sites is 1. The van der Waals surface area contributed by atoms with E-state index in [4.69, 9.17) is 4.74 Å². The van der Waals surface area contributed by atoms with E-state index in [2.05, 4.69) is 10.6 Å². The lowest BCUT2D eigenvalue weighted by atomic mass is 10.00. The molecule has 0 spiro atoms. The minimum Gasteiger partial charge on any atom is -0.480 e. The maximum Gasteiger partial charge on any atom is 0.408 e. The topological polar surface area (TPSA) is 128 Å². The Morgan fingerprint density at radius 3 is 2.50 bits per heavy atom. The second-order valence-electron chi connectivity index (χ2n) is 9.07. The van der Waals surface area contributed by atoms with Crippen molar-refractivity contribution in [3.8, 4) is 0 Å². The molecule has 2 heterocycles. The van der Waals surface area contributed by atoms with E-state index in [0.717, 1.165) is 11.3 Å². The number of nitrogens with zero attached hydrogens (tertiary/aromatic N) is 2. The number of piperidine rings is 1. The third kappa shape index (κ3) is 5.89. The Labute approximate surface area is 186 Å².